The van der Waals surface area contributed by atoms with Crippen LogP contribution in [-0.4, -0.2) is 36.5 Å². The zero-order valence-corrected chi connectivity index (χ0v) is 11.6. The number of carbonyl (C=O) groups excluding carboxylic acids is 1. The van der Waals surface area contributed by atoms with Gasteiger partial charge in [0.05, 0.1) is 11.6 Å². The van der Waals surface area contributed by atoms with Crippen molar-refractivity contribution >= 4 is 28.8 Å². The highest BCUT2D eigenvalue weighted by molar-refractivity contribution is 7.80. The average Bonchev–Trinajstić information content (AvgIpc) is 2.37. The largest absolute Gasteiger partial charge is 0.388 e. The summed E-state index contributed by atoms with van der Waals surface area (Å²) < 4.78 is 0. The molecule has 0 spiro atoms. The molecule has 1 amide bonds. The minimum atomic E-state index is -0.0959. The van der Waals surface area contributed by atoms with Gasteiger partial charge >= 0.3 is 0 Å². The molecule has 1 aromatic rings. The van der Waals surface area contributed by atoms with E-state index < -0.39 is 0 Å². The second-order valence-electron chi connectivity index (χ2n) is 4.16. The van der Waals surface area contributed by atoms with E-state index in [0.29, 0.717) is 12.2 Å². The Kier molecular flexibility index (Phi) is 5.03. The molecule has 1 rings (SSSR count). The normalized spacial score (nSPS) is 11.7. The number of thiocarbonyl (C=S) groups is 1. The maximum absolute atomic E-state index is 11.5. The van der Waals surface area contributed by atoms with E-state index in [1.54, 1.807) is 13.2 Å². The Balaban J connectivity index is 2.78. The van der Waals surface area contributed by atoms with E-state index in [0.717, 1.165) is 5.69 Å². The van der Waals surface area contributed by atoms with Crippen LogP contribution in [0.1, 0.15) is 12.6 Å². The summed E-state index contributed by atoms with van der Waals surface area (Å²) >= 11 is 4.89. The molecular formula is C12H18N4OS. The molecule has 0 fully saturated rings. The summed E-state index contributed by atoms with van der Waals surface area (Å²) in [6.07, 6.45) is 1.66. The van der Waals surface area contributed by atoms with Gasteiger partial charge in [-0.15, -0.1) is 0 Å². The maximum Gasteiger partial charge on any atom is 0.224 e. The van der Waals surface area contributed by atoms with Crippen LogP contribution >= 0.6 is 12.2 Å². The van der Waals surface area contributed by atoms with Crippen LogP contribution in [0.2, 0.25) is 0 Å². The van der Waals surface area contributed by atoms with Gasteiger partial charge in [-0.1, -0.05) is 19.1 Å². The minimum absolute atomic E-state index is 0.0190. The standard InChI is InChI=1S/C12H18N4OS/c1-8(12(17)14-2)7-16(3)9-4-5-15-10(6-9)11(13)18/h4-6,8H,7H2,1-3H3,(H2,13,18)(H,14,17). The number of hydrogen-bond donors (Lipinski definition) is 2. The van der Waals surface area contributed by atoms with Gasteiger partial charge in [0.1, 0.15) is 4.99 Å². The van der Waals surface area contributed by atoms with Crippen molar-refractivity contribution in [2.24, 2.45) is 11.7 Å². The highest BCUT2D eigenvalue weighted by atomic mass is 32.1. The number of nitrogens with zero attached hydrogens (tertiary/aromatic N) is 2. The Bertz CT molecular complexity index is 449. The Morgan fingerprint density at radius 3 is 2.89 bits per heavy atom. The first-order valence-corrected chi connectivity index (χ1v) is 6.05. The molecule has 0 aliphatic rings. The molecule has 1 unspecified atom stereocenters. The third-order valence-corrected chi connectivity index (χ3v) is 2.89. The number of amides is 1. The Morgan fingerprint density at radius 2 is 2.33 bits per heavy atom. The molecule has 3 N–H and O–H groups in total. The van der Waals surface area contributed by atoms with Crippen LogP contribution in [0.15, 0.2) is 18.3 Å². The number of pyridine rings is 1. The first kappa shape index (κ1) is 14.4. The van der Waals surface area contributed by atoms with Crippen LogP contribution in [0.4, 0.5) is 5.69 Å². The summed E-state index contributed by atoms with van der Waals surface area (Å²) in [5.41, 5.74) is 7.06. The van der Waals surface area contributed by atoms with E-state index in [-0.39, 0.29) is 16.8 Å². The zero-order valence-electron chi connectivity index (χ0n) is 10.8. The van der Waals surface area contributed by atoms with E-state index >= 15 is 0 Å². The monoisotopic (exact) mass is 266 g/mol. The number of nitrogens with one attached hydrogen (secondary N) is 1. The lowest BCUT2D eigenvalue weighted by Crippen LogP contribution is -2.34. The lowest BCUT2D eigenvalue weighted by molar-refractivity contribution is -0.123. The topological polar surface area (TPSA) is 71.2 Å². The summed E-state index contributed by atoms with van der Waals surface area (Å²) in [7, 11) is 3.55. The quantitative estimate of drug-likeness (QED) is 0.761. The number of aromatic nitrogens is 1. The van der Waals surface area contributed by atoms with Gasteiger partial charge in [-0.05, 0) is 12.1 Å². The third kappa shape index (κ3) is 3.66. The Hall–Kier alpha value is -1.69. The summed E-state index contributed by atoms with van der Waals surface area (Å²) in [5.74, 6) is -0.0769. The second-order valence-corrected chi connectivity index (χ2v) is 4.60. The first-order valence-electron chi connectivity index (χ1n) is 5.64. The van der Waals surface area contributed by atoms with Crippen LogP contribution < -0.4 is 16.0 Å². The van der Waals surface area contributed by atoms with Crippen molar-refractivity contribution in [2.45, 2.75) is 6.92 Å². The lowest BCUT2D eigenvalue weighted by Gasteiger charge is -2.22. The minimum Gasteiger partial charge on any atom is -0.388 e. The van der Waals surface area contributed by atoms with E-state index in [9.17, 15) is 4.79 Å². The number of rotatable bonds is 5. The fourth-order valence-corrected chi connectivity index (χ4v) is 1.75. The van der Waals surface area contributed by atoms with Gasteiger partial charge in [0.25, 0.3) is 0 Å². The van der Waals surface area contributed by atoms with E-state index in [2.05, 4.69) is 10.3 Å². The molecule has 1 heterocycles. The molecular weight excluding hydrogens is 248 g/mol. The molecule has 0 aliphatic heterocycles. The third-order valence-electron chi connectivity index (χ3n) is 2.68. The predicted molar refractivity (Wildman–Crippen MR) is 76.6 cm³/mol. The fourth-order valence-electron chi connectivity index (χ4n) is 1.64. The van der Waals surface area contributed by atoms with Crippen molar-refractivity contribution in [3.8, 4) is 0 Å². The lowest BCUT2D eigenvalue weighted by atomic mass is 10.1. The van der Waals surface area contributed by atoms with Crippen LogP contribution in [0.25, 0.3) is 0 Å². The molecule has 0 saturated heterocycles. The molecule has 0 bridgehead atoms. The number of anilines is 1. The first-order chi connectivity index (χ1) is 8.45. The predicted octanol–water partition coefficient (Wildman–Crippen LogP) is 0.534. The van der Waals surface area contributed by atoms with Crippen LogP contribution in [0.5, 0.6) is 0 Å². The molecule has 5 nitrogen and oxygen atoms in total. The van der Waals surface area contributed by atoms with Crippen molar-refractivity contribution in [1.29, 1.82) is 0 Å². The van der Waals surface area contributed by atoms with Gasteiger partial charge in [0.15, 0.2) is 0 Å². The van der Waals surface area contributed by atoms with Crippen LogP contribution in [0, 0.1) is 5.92 Å². The molecule has 1 atom stereocenters. The van der Waals surface area contributed by atoms with Gasteiger partial charge in [0.2, 0.25) is 5.91 Å². The van der Waals surface area contributed by atoms with Gasteiger partial charge in [-0.3, -0.25) is 9.78 Å². The summed E-state index contributed by atoms with van der Waals surface area (Å²) in [6.45, 7) is 2.49. The summed E-state index contributed by atoms with van der Waals surface area (Å²) in [5, 5.41) is 2.63. The maximum atomic E-state index is 11.5. The van der Waals surface area contributed by atoms with E-state index in [1.807, 2.05) is 31.0 Å². The molecule has 0 radical (unpaired) electrons. The van der Waals surface area contributed by atoms with Crippen molar-refractivity contribution in [1.82, 2.24) is 10.3 Å². The molecule has 1 aromatic heterocycles. The van der Waals surface area contributed by atoms with Crippen molar-refractivity contribution in [2.75, 3.05) is 25.5 Å². The second kappa shape index (κ2) is 6.30. The fraction of sp³-hybridized carbons (Fsp3) is 0.417. The van der Waals surface area contributed by atoms with Crippen LogP contribution in [0.3, 0.4) is 0 Å². The zero-order chi connectivity index (χ0) is 13.7. The van der Waals surface area contributed by atoms with Gasteiger partial charge in [-0.25, -0.2) is 0 Å². The average molecular weight is 266 g/mol. The van der Waals surface area contributed by atoms with Gasteiger partial charge in [-0.2, -0.15) is 0 Å². The van der Waals surface area contributed by atoms with Crippen molar-refractivity contribution in [3.63, 3.8) is 0 Å². The van der Waals surface area contributed by atoms with Gasteiger partial charge in [0, 0.05) is 32.5 Å². The summed E-state index contributed by atoms with van der Waals surface area (Å²) in [6, 6.07) is 3.68. The van der Waals surface area contributed by atoms with E-state index in [4.69, 9.17) is 18.0 Å². The highest BCUT2D eigenvalue weighted by Crippen LogP contribution is 2.14. The van der Waals surface area contributed by atoms with Gasteiger partial charge < -0.3 is 16.0 Å². The number of carbonyl (C=O) groups is 1. The molecule has 0 aromatic carbocycles. The molecule has 0 aliphatic carbocycles. The molecule has 98 valence electrons. The summed E-state index contributed by atoms with van der Waals surface area (Å²) in [4.78, 5) is 17.8. The number of hydrogen-bond acceptors (Lipinski definition) is 4. The molecule has 6 heteroatoms. The Morgan fingerprint density at radius 1 is 1.67 bits per heavy atom. The highest BCUT2D eigenvalue weighted by Gasteiger charge is 2.14. The number of nitrogens with two attached hydrogens (primary N) is 1. The Labute approximate surface area is 112 Å². The van der Waals surface area contributed by atoms with Crippen LogP contribution in [-0.2, 0) is 4.79 Å². The molecule has 18 heavy (non-hydrogen) atoms. The van der Waals surface area contributed by atoms with Crippen molar-refractivity contribution in [3.05, 3.63) is 24.0 Å². The SMILES string of the molecule is CNC(=O)C(C)CN(C)c1ccnc(C(N)=S)c1. The smallest absolute Gasteiger partial charge is 0.224 e. The molecule has 0 saturated carbocycles. The van der Waals surface area contributed by atoms with E-state index in [1.165, 1.54) is 0 Å². The van der Waals surface area contributed by atoms with Crippen molar-refractivity contribution < 1.29 is 4.79 Å².